The topological polar surface area (TPSA) is 18.5 Å². The maximum Gasteiger partial charge on any atom is 0.0981 e. The zero-order valence-electron chi connectivity index (χ0n) is 9.84. The van der Waals surface area contributed by atoms with E-state index in [2.05, 4.69) is 12.1 Å². The van der Waals surface area contributed by atoms with Crippen molar-refractivity contribution in [2.75, 3.05) is 6.61 Å². The first-order chi connectivity index (χ1) is 8.28. The van der Waals surface area contributed by atoms with E-state index in [1.165, 1.54) is 5.56 Å². The van der Waals surface area contributed by atoms with Gasteiger partial charge in [0.25, 0.3) is 0 Å². The Labute approximate surface area is 108 Å². The summed E-state index contributed by atoms with van der Waals surface area (Å²) in [6, 6.07) is 10.3. The molecular weight excluding hydrogens is 232 g/mol. The standard InChI is InChI=1S/C14H18O2S/c17-14-7-6-12(13(14)15-9-8-14)16-10-11-4-2-1-3-5-11/h1-5,12-13,17H,6-10H2/t12-,13-,14+/m1/s1. The van der Waals surface area contributed by atoms with Crippen molar-refractivity contribution >= 4 is 12.6 Å². The predicted molar refractivity (Wildman–Crippen MR) is 70.3 cm³/mol. The molecule has 1 heterocycles. The van der Waals surface area contributed by atoms with Gasteiger partial charge in [-0.25, -0.2) is 0 Å². The maximum absolute atomic E-state index is 5.99. The average molecular weight is 250 g/mol. The molecule has 1 aliphatic carbocycles. The summed E-state index contributed by atoms with van der Waals surface area (Å²) in [5.41, 5.74) is 1.22. The molecule has 0 radical (unpaired) electrons. The molecule has 3 heteroatoms. The largest absolute Gasteiger partial charge is 0.374 e. The highest BCUT2D eigenvalue weighted by Gasteiger charge is 2.50. The predicted octanol–water partition coefficient (Wildman–Crippen LogP) is 2.82. The summed E-state index contributed by atoms with van der Waals surface area (Å²) in [6.45, 7) is 1.51. The van der Waals surface area contributed by atoms with E-state index in [-0.39, 0.29) is 17.0 Å². The van der Waals surface area contributed by atoms with Crippen LogP contribution in [-0.2, 0) is 16.1 Å². The van der Waals surface area contributed by atoms with Gasteiger partial charge in [-0.2, -0.15) is 12.6 Å². The molecule has 1 aromatic carbocycles. The van der Waals surface area contributed by atoms with Crippen molar-refractivity contribution in [3.8, 4) is 0 Å². The molecule has 92 valence electrons. The van der Waals surface area contributed by atoms with E-state index in [0.29, 0.717) is 6.61 Å². The van der Waals surface area contributed by atoms with Gasteiger partial charge in [0.15, 0.2) is 0 Å². The Hall–Kier alpha value is -0.510. The van der Waals surface area contributed by atoms with E-state index in [1.807, 2.05) is 18.2 Å². The Kier molecular flexibility index (Phi) is 3.16. The van der Waals surface area contributed by atoms with Crippen LogP contribution in [0.4, 0.5) is 0 Å². The minimum atomic E-state index is 0.0708. The summed E-state index contributed by atoms with van der Waals surface area (Å²) in [5, 5.41) is 0. The van der Waals surface area contributed by atoms with Gasteiger partial charge in [0.1, 0.15) is 0 Å². The highest BCUT2D eigenvalue weighted by molar-refractivity contribution is 7.81. The lowest BCUT2D eigenvalue weighted by molar-refractivity contribution is -0.0447. The molecule has 0 amide bonds. The smallest absolute Gasteiger partial charge is 0.0981 e. The van der Waals surface area contributed by atoms with Gasteiger partial charge in [-0.05, 0) is 24.8 Å². The first kappa shape index (κ1) is 11.6. The molecule has 1 aromatic rings. The van der Waals surface area contributed by atoms with Crippen LogP contribution in [0.3, 0.4) is 0 Å². The van der Waals surface area contributed by atoms with Crippen molar-refractivity contribution in [1.82, 2.24) is 0 Å². The average Bonchev–Trinajstić information content (AvgIpc) is 2.85. The molecule has 1 saturated carbocycles. The van der Waals surface area contributed by atoms with Gasteiger partial charge in [-0.15, -0.1) is 0 Å². The van der Waals surface area contributed by atoms with Crippen LogP contribution in [0, 0.1) is 0 Å². The van der Waals surface area contributed by atoms with Gasteiger partial charge in [-0.3, -0.25) is 0 Å². The van der Waals surface area contributed by atoms with Crippen molar-refractivity contribution in [3.63, 3.8) is 0 Å². The molecule has 0 spiro atoms. The number of fused-ring (bicyclic) bond motifs is 1. The summed E-state index contributed by atoms with van der Waals surface area (Å²) in [7, 11) is 0. The monoisotopic (exact) mass is 250 g/mol. The van der Waals surface area contributed by atoms with Crippen LogP contribution < -0.4 is 0 Å². The second-order valence-corrected chi connectivity index (χ2v) is 5.91. The Morgan fingerprint density at radius 1 is 1.29 bits per heavy atom. The molecule has 0 bridgehead atoms. The molecule has 2 fully saturated rings. The van der Waals surface area contributed by atoms with E-state index >= 15 is 0 Å². The zero-order chi connectivity index (χ0) is 11.7. The number of hydrogen-bond acceptors (Lipinski definition) is 3. The molecule has 0 N–H and O–H groups in total. The van der Waals surface area contributed by atoms with Crippen LogP contribution in [-0.4, -0.2) is 23.6 Å². The highest BCUT2D eigenvalue weighted by atomic mass is 32.1. The van der Waals surface area contributed by atoms with Crippen molar-refractivity contribution in [3.05, 3.63) is 35.9 Å². The second-order valence-electron chi connectivity index (χ2n) is 5.02. The molecule has 1 aliphatic heterocycles. The van der Waals surface area contributed by atoms with E-state index in [1.54, 1.807) is 0 Å². The number of hydrogen-bond donors (Lipinski definition) is 1. The van der Waals surface area contributed by atoms with E-state index in [9.17, 15) is 0 Å². The van der Waals surface area contributed by atoms with E-state index in [0.717, 1.165) is 25.9 Å². The third-order valence-corrected chi connectivity index (χ3v) is 4.57. The van der Waals surface area contributed by atoms with Crippen LogP contribution in [0.15, 0.2) is 30.3 Å². The molecule has 3 rings (SSSR count). The third-order valence-electron chi connectivity index (χ3n) is 3.87. The Balaban J connectivity index is 1.60. The van der Waals surface area contributed by atoms with Crippen molar-refractivity contribution in [2.45, 2.75) is 42.8 Å². The number of benzene rings is 1. The number of ether oxygens (including phenoxy) is 2. The highest BCUT2D eigenvalue weighted by Crippen LogP contribution is 2.45. The van der Waals surface area contributed by atoms with Crippen LogP contribution in [0.2, 0.25) is 0 Å². The molecule has 2 aliphatic rings. The Bertz CT molecular complexity index is 381. The molecule has 1 saturated heterocycles. The molecule has 0 aromatic heterocycles. The van der Waals surface area contributed by atoms with Crippen LogP contribution >= 0.6 is 12.6 Å². The van der Waals surface area contributed by atoms with Gasteiger partial charge < -0.3 is 9.47 Å². The van der Waals surface area contributed by atoms with E-state index < -0.39 is 0 Å². The lowest BCUT2D eigenvalue weighted by atomic mass is 10.0. The summed E-state index contributed by atoms with van der Waals surface area (Å²) in [4.78, 5) is 0. The summed E-state index contributed by atoms with van der Waals surface area (Å²) < 4.78 is 11.8. The Morgan fingerprint density at radius 2 is 2.12 bits per heavy atom. The third kappa shape index (κ3) is 2.24. The summed E-state index contributed by atoms with van der Waals surface area (Å²) in [6.07, 6.45) is 3.65. The molecule has 0 unspecified atom stereocenters. The first-order valence-electron chi connectivity index (χ1n) is 6.27. The van der Waals surface area contributed by atoms with Crippen molar-refractivity contribution < 1.29 is 9.47 Å². The van der Waals surface area contributed by atoms with Gasteiger partial charge in [0.2, 0.25) is 0 Å². The van der Waals surface area contributed by atoms with Crippen LogP contribution in [0.1, 0.15) is 24.8 Å². The molecule has 2 nitrogen and oxygen atoms in total. The van der Waals surface area contributed by atoms with Gasteiger partial charge in [0.05, 0.1) is 18.8 Å². The van der Waals surface area contributed by atoms with Crippen molar-refractivity contribution in [2.24, 2.45) is 0 Å². The fourth-order valence-electron chi connectivity index (χ4n) is 2.87. The van der Waals surface area contributed by atoms with Crippen LogP contribution in [0.5, 0.6) is 0 Å². The van der Waals surface area contributed by atoms with Gasteiger partial charge in [-0.1, -0.05) is 30.3 Å². The molecule has 17 heavy (non-hydrogen) atoms. The van der Waals surface area contributed by atoms with Crippen molar-refractivity contribution in [1.29, 1.82) is 0 Å². The first-order valence-corrected chi connectivity index (χ1v) is 6.72. The van der Waals surface area contributed by atoms with Gasteiger partial charge in [0, 0.05) is 11.4 Å². The molecule has 3 atom stereocenters. The fraction of sp³-hybridized carbons (Fsp3) is 0.571. The van der Waals surface area contributed by atoms with Crippen LogP contribution in [0.25, 0.3) is 0 Å². The lowest BCUT2D eigenvalue weighted by Crippen LogP contribution is -2.34. The maximum atomic E-state index is 5.99. The lowest BCUT2D eigenvalue weighted by Gasteiger charge is -2.24. The fourth-order valence-corrected chi connectivity index (χ4v) is 3.33. The Morgan fingerprint density at radius 3 is 2.94 bits per heavy atom. The quantitative estimate of drug-likeness (QED) is 0.832. The normalized spacial score (nSPS) is 36.1. The summed E-state index contributed by atoms with van der Waals surface area (Å²) in [5.74, 6) is 0. The summed E-state index contributed by atoms with van der Waals surface area (Å²) >= 11 is 4.77. The minimum absolute atomic E-state index is 0.0708. The number of thiol groups is 1. The number of rotatable bonds is 3. The van der Waals surface area contributed by atoms with Gasteiger partial charge >= 0.3 is 0 Å². The SMILES string of the molecule is S[C@@]12CCO[C@@H]1[C@H](OCc1ccccc1)CC2. The minimum Gasteiger partial charge on any atom is -0.374 e. The second kappa shape index (κ2) is 4.63. The molecular formula is C14H18O2S. The zero-order valence-corrected chi connectivity index (χ0v) is 10.7. The van der Waals surface area contributed by atoms with E-state index in [4.69, 9.17) is 22.1 Å².